The first-order chi connectivity index (χ1) is 19.2. The molecule has 7 N–H and O–H groups in total. The fourth-order valence-electron chi connectivity index (χ4n) is 3.67. The number of halogens is 3. The Morgan fingerprint density at radius 2 is 1.37 bits per heavy atom. The highest BCUT2D eigenvalue weighted by Gasteiger charge is 2.38. The van der Waals surface area contributed by atoms with Crippen LogP contribution in [0.4, 0.5) is 18.9 Å². The van der Waals surface area contributed by atoms with Gasteiger partial charge in [0.25, 0.3) is 5.91 Å². The van der Waals surface area contributed by atoms with Crippen LogP contribution in [0.5, 0.6) is 0 Å². The van der Waals surface area contributed by atoms with Gasteiger partial charge in [-0.1, -0.05) is 66.7 Å². The normalized spacial score (nSPS) is 11.1. The van der Waals surface area contributed by atoms with Crippen molar-refractivity contribution in [3.05, 3.63) is 108 Å². The van der Waals surface area contributed by atoms with E-state index in [1.54, 1.807) is 72.8 Å². The molecule has 9 nitrogen and oxygen atoms in total. The zero-order valence-corrected chi connectivity index (χ0v) is 21.8. The Morgan fingerprint density at radius 3 is 1.93 bits per heavy atom. The van der Waals surface area contributed by atoms with E-state index in [9.17, 15) is 26.4 Å². The van der Waals surface area contributed by atoms with E-state index < -0.39 is 22.2 Å². The minimum atomic E-state index is -5.08. The number of alkyl halides is 3. The third kappa shape index (κ3) is 8.00. The molecule has 0 aliphatic rings. The van der Waals surface area contributed by atoms with Crippen molar-refractivity contribution < 1.29 is 36.3 Å². The number of carboxylic acids is 1. The van der Waals surface area contributed by atoms with Gasteiger partial charge in [-0.15, -0.1) is 0 Å². The van der Waals surface area contributed by atoms with E-state index in [0.717, 1.165) is 5.56 Å². The molecule has 0 atom stereocenters. The molecule has 0 fully saturated rings. The number of aliphatic carboxylic acids is 1. The molecule has 212 valence electrons. The van der Waals surface area contributed by atoms with Crippen molar-refractivity contribution in [2.45, 2.75) is 11.1 Å². The number of hydrogen-bond acceptors (Lipinski definition) is 5. The number of carbonyl (C=O) groups excluding carboxylic acids is 1. The van der Waals surface area contributed by atoms with E-state index in [0.29, 0.717) is 33.5 Å². The number of carbonyl (C=O) groups is 2. The van der Waals surface area contributed by atoms with Gasteiger partial charge in [-0.3, -0.25) is 10.2 Å². The van der Waals surface area contributed by atoms with Crippen LogP contribution in [-0.2, 0) is 14.8 Å². The number of primary sulfonamides is 1. The van der Waals surface area contributed by atoms with Gasteiger partial charge in [-0.2, -0.15) is 13.2 Å². The lowest BCUT2D eigenvalue weighted by Gasteiger charge is -2.12. The highest BCUT2D eigenvalue weighted by Crippen LogP contribution is 2.29. The summed E-state index contributed by atoms with van der Waals surface area (Å²) in [7, 11) is -3.88. The summed E-state index contributed by atoms with van der Waals surface area (Å²) in [6, 6.07) is 27.7. The van der Waals surface area contributed by atoms with Crippen molar-refractivity contribution in [1.29, 1.82) is 5.41 Å². The van der Waals surface area contributed by atoms with Gasteiger partial charge in [-0.25, -0.2) is 18.4 Å². The van der Waals surface area contributed by atoms with E-state index in [1.165, 1.54) is 6.07 Å². The van der Waals surface area contributed by atoms with Crippen molar-refractivity contribution in [3.63, 3.8) is 0 Å². The molecule has 0 unspecified atom stereocenters. The Hall–Kier alpha value is -5.01. The van der Waals surface area contributed by atoms with Crippen LogP contribution >= 0.6 is 0 Å². The Balaban J connectivity index is 0.000000587. The summed E-state index contributed by atoms with van der Waals surface area (Å²) in [5.41, 5.74) is 9.82. The van der Waals surface area contributed by atoms with E-state index in [2.05, 4.69) is 5.32 Å². The van der Waals surface area contributed by atoms with Gasteiger partial charge in [0, 0.05) is 22.4 Å². The number of nitrogens with one attached hydrogen (secondary N) is 2. The molecule has 0 saturated carbocycles. The quantitative estimate of drug-likeness (QED) is 0.160. The van der Waals surface area contributed by atoms with Crippen LogP contribution in [0.15, 0.2) is 102 Å². The minimum Gasteiger partial charge on any atom is -0.475 e. The molecule has 0 aliphatic heterocycles. The summed E-state index contributed by atoms with van der Waals surface area (Å²) in [6.07, 6.45) is -5.08. The van der Waals surface area contributed by atoms with E-state index in [4.69, 9.17) is 26.2 Å². The zero-order chi connectivity index (χ0) is 30.4. The number of anilines is 1. The van der Waals surface area contributed by atoms with Gasteiger partial charge in [-0.05, 0) is 47.0 Å². The van der Waals surface area contributed by atoms with Crippen LogP contribution in [0.3, 0.4) is 0 Å². The van der Waals surface area contributed by atoms with Crippen molar-refractivity contribution in [2.75, 3.05) is 5.32 Å². The van der Waals surface area contributed by atoms with Crippen LogP contribution in [0, 0.1) is 5.41 Å². The highest BCUT2D eigenvalue weighted by atomic mass is 32.2. The highest BCUT2D eigenvalue weighted by molar-refractivity contribution is 7.89. The summed E-state index contributed by atoms with van der Waals surface area (Å²) >= 11 is 0. The van der Waals surface area contributed by atoms with E-state index >= 15 is 0 Å². The number of amidine groups is 1. The number of nitrogens with two attached hydrogens (primary N) is 2. The average Bonchev–Trinajstić information content (AvgIpc) is 2.93. The number of amides is 1. The Kier molecular flexibility index (Phi) is 9.27. The molecule has 0 aromatic heterocycles. The first kappa shape index (κ1) is 30.5. The number of benzene rings is 4. The predicted molar refractivity (Wildman–Crippen MR) is 148 cm³/mol. The molecular weight excluding hydrogens is 561 g/mol. The molecule has 4 rings (SSSR count). The maximum atomic E-state index is 13.1. The lowest BCUT2D eigenvalue weighted by atomic mass is 9.97. The topological polar surface area (TPSA) is 176 Å². The number of nitrogen functional groups attached to an aromatic ring is 1. The maximum Gasteiger partial charge on any atom is 0.490 e. The van der Waals surface area contributed by atoms with Gasteiger partial charge >= 0.3 is 12.1 Å². The summed E-state index contributed by atoms with van der Waals surface area (Å²) in [5, 5.41) is 23.0. The predicted octanol–water partition coefficient (Wildman–Crippen LogP) is 4.84. The second kappa shape index (κ2) is 12.4. The van der Waals surface area contributed by atoms with Crippen LogP contribution < -0.4 is 16.2 Å². The number of sulfonamides is 1. The molecular formula is C28H23F3N4O5S. The number of hydrogen-bond donors (Lipinski definition) is 5. The molecule has 0 aliphatic carbocycles. The van der Waals surface area contributed by atoms with Crippen LogP contribution in [0.2, 0.25) is 0 Å². The fraction of sp³-hybridized carbons (Fsp3) is 0.0357. The van der Waals surface area contributed by atoms with Gasteiger partial charge in [0.1, 0.15) is 5.84 Å². The molecule has 13 heteroatoms. The third-order valence-corrected chi connectivity index (χ3v) is 6.52. The van der Waals surface area contributed by atoms with Crippen LogP contribution in [0.25, 0.3) is 22.3 Å². The molecule has 0 spiro atoms. The fourth-order valence-corrected chi connectivity index (χ4v) is 4.43. The zero-order valence-electron chi connectivity index (χ0n) is 21.0. The Bertz CT molecular complexity index is 1710. The van der Waals surface area contributed by atoms with Gasteiger partial charge in [0.15, 0.2) is 0 Å². The van der Waals surface area contributed by atoms with Crippen LogP contribution in [0.1, 0.15) is 15.9 Å². The molecule has 0 heterocycles. The van der Waals surface area contributed by atoms with Crippen LogP contribution in [-0.4, -0.2) is 37.4 Å². The summed E-state index contributed by atoms with van der Waals surface area (Å²) in [4.78, 5) is 22.0. The summed E-state index contributed by atoms with van der Waals surface area (Å²) < 4.78 is 55.5. The molecule has 0 bridgehead atoms. The second-order valence-electron chi connectivity index (χ2n) is 8.42. The Morgan fingerprint density at radius 1 is 0.805 bits per heavy atom. The van der Waals surface area contributed by atoms with E-state index in [1.807, 2.05) is 18.2 Å². The molecule has 0 radical (unpaired) electrons. The third-order valence-electron chi connectivity index (χ3n) is 5.55. The molecule has 41 heavy (non-hydrogen) atoms. The second-order valence-corrected chi connectivity index (χ2v) is 9.95. The largest absolute Gasteiger partial charge is 0.490 e. The molecule has 4 aromatic rings. The first-order valence-corrected chi connectivity index (χ1v) is 13.1. The smallest absolute Gasteiger partial charge is 0.475 e. The van der Waals surface area contributed by atoms with Gasteiger partial charge < -0.3 is 16.2 Å². The van der Waals surface area contributed by atoms with Crippen molar-refractivity contribution in [2.24, 2.45) is 10.9 Å². The van der Waals surface area contributed by atoms with E-state index in [-0.39, 0.29) is 16.6 Å². The van der Waals surface area contributed by atoms with Crippen molar-refractivity contribution in [3.8, 4) is 22.3 Å². The first-order valence-electron chi connectivity index (χ1n) is 11.6. The minimum absolute atomic E-state index is 0.0357. The Labute approximate surface area is 232 Å². The molecule has 0 saturated heterocycles. The van der Waals surface area contributed by atoms with Crippen molar-refractivity contribution in [1.82, 2.24) is 0 Å². The molecule has 1 amide bonds. The number of rotatable bonds is 6. The maximum absolute atomic E-state index is 13.1. The average molecular weight is 585 g/mol. The summed E-state index contributed by atoms with van der Waals surface area (Å²) in [6.45, 7) is 0. The molecule has 4 aromatic carbocycles. The van der Waals surface area contributed by atoms with Crippen molar-refractivity contribution >= 4 is 33.4 Å². The standard InChI is InChI=1S/C26H22N4O3S.C2HF3O2/c27-25(28)19-7-5-6-18(16-19)21-8-1-2-10-23(21)26(31)30-20-14-12-17(13-15-20)22-9-3-4-11-24(22)34(29,32)33;3-2(4,5)1(6)7/h1-16H,(H3,27,28)(H,30,31)(H2,29,32,33);(H,6,7). The lowest BCUT2D eigenvalue weighted by Crippen LogP contribution is -2.21. The lowest BCUT2D eigenvalue weighted by molar-refractivity contribution is -0.192. The van der Waals surface area contributed by atoms with Gasteiger partial charge in [0.2, 0.25) is 10.0 Å². The SMILES string of the molecule is N=C(N)c1cccc(-c2ccccc2C(=O)Nc2ccc(-c3ccccc3S(N)(=O)=O)cc2)c1.O=C(O)C(F)(F)F. The van der Waals surface area contributed by atoms with Gasteiger partial charge in [0.05, 0.1) is 4.90 Å². The monoisotopic (exact) mass is 584 g/mol. The number of carboxylic acid groups (broad SMARTS) is 1. The summed E-state index contributed by atoms with van der Waals surface area (Å²) in [5.74, 6) is -3.11.